The molecule has 0 nitrogen and oxygen atoms in total. The molecule has 0 saturated heterocycles. The molecular formula is C17H16Zr. The second-order valence-corrected chi connectivity index (χ2v) is 4.21. The summed E-state index contributed by atoms with van der Waals surface area (Å²) in [6, 6.07) is 21.6. The molecule has 0 amide bonds. The standard InChI is InChI=1S/C16H13.CH3.Zr/c1-12-10-14-8-5-9-15(16(14)11-12)13-6-3-2-4-7-13;;/h2-11H,1H3;1H3;/q2*-1;+2. The molecule has 0 aliphatic heterocycles. The van der Waals surface area contributed by atoms with Crippen molar-refractivity contribution >= 4 is 10.8 Å². The van der Waals surface area contributed by atoms with Gasteiger partial charge in [-0.05, 0) is 5.56 Å². The first-order valence-electron chi connectivity index (χ1n) is 5.56. The van der Waals surface area contributed by atoms with E-state index in [-0.39, 0.29) is 33.6 Å². The Morgan fingerprint density at radius 3 is 2.33 bits per heavy atom. The van der Waals surface area contributed by atoms with Crippen LogP contribution in [-0.2, 0) is 26.2 Å². The first kappa shape index (κ1) is 15.0. The van der Waals surface area contributed by atoms with Crippen molar-refractivity contribution in [2.75, 3.05) is 0 Å². The van der Waals surface area contributed by atoms with Gasteiger partial charge >= 0.3 is 26.2 Å². The molecule has 0 bridgehead atoms. The Morgan fingerprint density at radius 1 is 0.889 bits per heavy atom. The first-order chi connectivity index (χ1) is 7.84. The molecule has 0 aromatic heterocycles. The van der Waals surface area contributed by atoms with Gasteiger partial charge in [-0.3, -0.25) is 0 Å². The molecule has 0 radical (unpaired) electrons. The molecule has 3 aromatic rings. The zero-order valence-electron chi connectivity index (χ0n) is 10.8. The number of aryl methyl sites for hydroxylation is 1. The topological polar surface area (TPSA) is 0 Å². The Bertz CT molecular complexity index is 620. The van der Waals surface area contributed by atoms with Gasteiger partial charge in [0.05, 0.1) is 0 Å². The summed E-state index contributed by atoms with van der Waals surface area (Å²) in [6.07, 6.45) is 0. The van der Waals surface area contributed by atoms with E-state index < -0.39 is 0 Å². The molecule has 0 atom stereocenters. The molecule has 0 spiro atoms. The van der Waals surface area contributed by atoms with Crippen LogP contribution in [0.5, 0.6) is 0 Å². The van der Waals surface area contributed by atoms with Gasteiger partial charge in [-0.2, -0.15) is 6.07 Å². The largest absolute Gasteiger partial charge is 2.00 e. The Hall–Kier alpha value is -1.07. The van der Waals surface area contributed by atoms with Crippen molar-refractivity contribution in [2.24, 2.45) is 0 Å². The zero-order chi connectivity index (χ0) is 11.0. The molecule has 0 aliphatic rings. The van der Waals surface area contributed by atoms with Gasteiger partial charge in [0.1, 0.15) is 0 Å². The first-order valence-corrected chi connectivity index (χ1v) is 5.56. The molecule has 3 aromatic carbocycles. The summed E-state index contributed by atoms with van der Waals surface area (Å²) in [5, 5.41) is 2.69. The second kappa shape index (κ2) is 6.20. The van der Waals surface area contributed by atoms with Crippen LogP contribution >= 0.6 is 0 Å². The fourth-order valence-corrected chi connectivity index (χ4v) is 2.25. The maximum absolute atomic E-state index is 2.26. The maximum Gasteiger partial charge on any atom is 2.00 e. The van der Waals surface area contributed by atoms with Gasteiger partial charge in [-0.25, -0.2) is 0 Å². The summed E-state index contributed by atoms with van der Waals surface area (Å²) in [4.78, 5) is 0. The van der Waals surface area contributed by atoms with E-state index in [2.05, 4.69) is 67.6 Å². The van der Waals surface area contributed by atoms with Gasteiger partial charge in [0, 0.05) is 0 Å². The molecule has 0 heterocycles. The van der Waals surface area contributed by atoms with E-state index in [9.17, 15) is 0 Å². The third-order valence-electron chi connectivity index (χ3n) is 2.98. The second-order valence-electron chi connectivity index (χ2n) is 4.21. The van der Waals surface area contributed by atoms with Crippen LogP contribution in [0.3, 0.4) is 0 Å². The van der Waals surface area contributed by atoms with E-state index in [1.807, 2.05) is 0 Å². The minimum atomic E-state index is 0. The molecule has 0 unspecified atom stereocenters. The molecule has 18 heavy (non-hydrogen) atoms. The Morgan fingerprint density at radius 2 is 1.61 bits per heavy atom. The third kappa shape index (κ3) is 2.67. The van der Waals surface area contributed by atoms with Crippen LogP contribution < -0.4 is 0 Å². The summed E-state index contributed by atoms with van der Waals surface area (Å²) in [7, 11) is 0. The van der Waals surface area contributed by atoms with Crippen LogP contribution in [0, 0.1) is 14.4 Å². The van der Waals surface area contributed by atoms with E-state index in [0.717, 1.165) is 0 Å². The van der Waals surface area contributed by atoms with Crippen molar-refractivity contribution < 1.29 is 26.2 Å². The Labute approximate surface area is 128 Å². The predicted octanol–water partition coefficient (Wildman–Crippen LogP) is 4.98. The number of hydrogen-bond donors (Lipinski definition) is 0. The quantitative estimate of drug-likeness (QED) is 0.556. The number of fused-ring (bicyclic) bond motifs is 1. The zero-order valence-corrected chi connectivity index (χ0v) is 13.2. The van der Waals surface area contributed by atoms with Gasteiger partial charge in [0.15, 0.2) is 0 Å². The predicted molar refractivity (Wildman–Crippen MR) is 76.1 cm³/mol. The SMILES string of the molecule is Cc1cc2c(-c3ccccc3)cccc2[cH-]1.[CH3-].[Zr+2]. The van der Waals surface area contributed by atoms with Gasteiger partial charge in [-0.15, -0.1) is 34.5 Å². The summed E-state index contributed by atoms with van der Waals surface area (Å²) in [5.74, 6) is 0. The van der Waals surface area contributed by atoms with E-state index in [1.54, 1.807) is 0 Å². The molecule has 1 heteroatoms. The smallest absolute Gasteiger partial charge is 0.358 e. The molecule has 0 saturated carbocycles. The van der Waals surface area contributed by atoms with Crippen LogP contribution in [0.2, 0.25) is 0 Å². The van der Waals surface area contributed by atoms with Gasteiger partial charge < -0.3 is 7.43 Å². The van der Waals surface area contributed by atoms with Crippen molar-refractivity contribution in [3.05, 3.63) is 73.7 Å². The Balaban J connectivity index is 0.000000810. The van der Waals surface area contributed by atoms with Crippen molar-refractivity contribution in [1.82, 2.24) is 0 Å². The van der Waals surface area contributed by atoms with Crippen LogP contribution in [0.25, 0.3) is 21.9 Å². The van der Waals surface area contributed by atoms with Gasteiger partial charge in [0.25, 0.3) is 0 Å². The monoisotopic (exact) mass is 310 g/mol. The Kier molecular flexibility index (Phi) is 5.17. The molecule has 3 rings (SSSR count). The van der Waals surface area contributed by atoms with Crippen LogP contribution in [-0.4, -0.2) is 0 Å². The molecule has 0 aliphatic carbocycles. The average molecular weight is 312 g/mol. The summed E-state index contributed by atoms with van der Waals surface area (Å²) >= 11 is 0. The van der Waals surface area contributed by atoms with E-state index in [1.165, 1.54) is 27.5 Å². The minimum absolute atomic E-state index is 0. The van der Waals surface area contributed by atoms with E-state index >= 15 is 0 Å². The summed E-state index contributed by atoms with van der Waals surface area (Å²) in [5.41, 5.74) is 3.95. The average Bonchev–Trinajstić information content (AvgIpc) is 2.70. The molecule has 0 N–H and O–H groups in total. The molecule has 0 fully saturated rings. The van der Waals surface area contributed by atoms with Gasteiger partial charge in [0.2, 0.25) is 0 Å². The number of benzene rings is 2. The van der Waals surface area contributed by atoms with Crippen LogP contribution in [0.4, 0.5) is 0 Å². The normalized spacial score (nSPS) is 9.61. The van der Waals surface area contributed by atoms with Crippen molar-refractivity contribution in [3.8, 4) is 11.1 Å². The fourth-order valence-electron chi connectivity index (χ4n) is 2.25. The minimum Gasteiger partial charge on any atom is -0.358 e. The molecular weight excluding hydrogens is 295 g/mol. The van der Waals surface area contributed by atoms with Crippen LogP contribution in [0.1, 0.15) is 5.56 Å². The maximum atomic E-state index is 2.26. The number of rotatable bonds is 1. The van der Waals surface area contributed by atoms with Crippen LogP contribution in [0.15, 0.2) is 60.7 Å². The third-order valence-corrected chi connectivity index (χ3v) is 2.98. The fraction of sp³-hybridized carbons (Fsp3) is 0.0588. The van der Waals surface area contributed by atoms with Crippen molar-refractivity contribution in [1.29, 1.82) is 0 Å². The summed E-state index contributed by atoms with van der Waals surface area (Å²) < 4.78 is 0. The summed E-state index contributed by atoms with van der Waals surface area (Å²) in [6.45, 7) is 2.15. The van der Waals surface area contributed by atoms with Gasteiger partial charge in [-0.1, -0.05) is 48.9 Å². The number of hydrogen-bond acceptors (Lipinski definition) is 0. The molecule has 88 valence electrons. The van der Waals surface area contributed by atoms with Crippen molar-refractivity contribution in [2.45, 2.75) is 6.92 Å². The van der Waals surface area contributed by atoms with Crippen molar-refractivity contribution in [3.63, 3.8) is 0 Å². The van der Waals surface area contributed by atoms with E-state index in [0.29, 0.717) is 0 Å². The van der Waals surface area contributed by atoms with E-state index in [4.69, 9.17) is 0 Å².